The summed E-state index contributed by atoms with van der Waals surface area (Å²) in [5.74, 6) is -0.628. The van der Waals surface area contributed by atoms with Gasteiger partial charge in [-0.1, -0.05) is 48.5 Å². The van der Waals surface area contributed by atoms with Crippen LogP contribution >= 0.6 is 0 Å². The van der Waals surface area contributed by atoms with Crippen LogP contribution in [0, 0.1) is 0 Å². The summed E-state index contributed by atoms with van der Waals surface area (Å²) in [6.07, 6.45) is 1.21. The molecule has 24 heavy (non-hydrogen) atoms. The number of para-hydroxylation sites is 1. The minimum absolute atomic E-state index is 0.159. The van der Waals surface area contributed by atoms with Crippen molar-refractivity contribution in [1.29, 1.82) is 0 Å². The number of ether oxygens (including phenoxy) is 1. The van der Waals surface area contributed by atoms with Gasteiger partial charge in [-0.15, -0.1) is 0 Å². The summed E-state index contributed by atoms with van der Waals surface area (Å²) in [5.41, 5.74) is 1.91. The van der Waals surface area contributed by atoms with Gasteiger partial charge in [0, 0.05) is 12.1 Å². The molecule has 0 bridgehead atoms. The topological polar surface area (TPSA) is 66.8 Å². The second-order valence-corrected chi connectivity index (χ2v) is 5.73. The highest BCUT2D eigenvalue weighted by Gasteiger charge is 2.34. The first-order valence-electron chi connectivity index (χ1n) is 7.96. The average molecular weight is 325 g/mol. The lowest BCUT2D eigenvalue weighted by Crippen LogP contribution is -2.42. The summed E-state index contributed by atoms with van der Waals surface area (Å²) in [6.45, 7) is 0.313. The zero-order valence-corrected chi connectivity index (χ0v) is 13.2. The zero-order chi connectivity index (χ0) is 16.9. The molecule has 1 N–H and O–H groups in total. The number of rotatable bonds is 5. The maximum atomic E-state index is 12.3. The molecule has 1 heterocycles. The number of carbonyl (C=O) groups is 2. The Morgan fingerprint density at radius 1 is 1.08 bits per heavy atom. The molecule has 124 valence electrons. The molecule has 0 unspecified atom stereocenters. The maximum absolute atomic E-state index is 12.3. The number of likely N-dealkylation sites (tertiary alicyclic amines) is 1. The molecule has 1 atom stereocenters. The van der Waals surface area contributed by atoms with Crippen LogP contribution in [-0.2, 0) is 9.59 Å². The SMILES string of the molecule is O=C(O)[C@@H]1CCCN1C(=O)COc1ccccc1-c1ccccc1. The Bertz CT molecular complexity index is 729. The molecule has 2 aromatic rings. The molecule has 5 heteroatoms. The molecule has 0 aromatic heterocycles. The number of carbonyl (C=O) groups excluding carboxylic acids is 1. The molecule has 0 saturated carbocycles. The second kappa shape index (κ2) is 7.17. The molecule has 1 aliphatic heterocycles. The molecule has 0 aliphatic carbocycles. The lowest BCUT2D eigenvalue weighted by atomic mass is 10.1. The van der Waals surface area contributed by atoms with E-state index in [-0.39, 0.29) is 12.5 Å². The van der Waals surface area contributed by atoms with Crippen molar-refractivity contribution in [2.24, 2.45) is 0 Å². The quantitative estimate of drug-likeness (QED) is 0.918. The Labute approximate surface area is 140 Å². The van der Waals surface area contributed by atoms with Crippen LogP contribution in [0.1, 0.15) is 12.8 Å². The molecule has 3 rings (SSSR count). The molecular formula is C19H19NO4. The van der Waals surface area contributed by atoms with E-state index in [1.165, 1.54) is 4.90 Å². The molecule has 1 fully saturated rings. The van der Waals surface area contributed by atoms with Crippen molar-refractivity contribution in [3.05, 3.63) is 54.6 Å². The van der Waals surface area contributed by atoms with Gasteiger partial charge in [0.05, 0.1) is 0 Å². The summed E-state index contributed by atoms with van der Waals surface area (Å²) in [4.78, 5) is 24.9. The lowest BCUT2D eigenvalue weighted by Gasteiger charge is -2.21. The van der Waals surface area contributed by atoms with Crippen LogP contribution in [0.4, 0.5) is 0 Å². The molecule has 5 nitrogen and oxygen atoms in total. The predicted octanol–water partition coefficient (Wildman–Crippen LogP) is 2.81. The van der Waals surface area contributed by atoms with Gasteiger partial charge in [0.1, 0.15) is 11.8 Å². The van der Waals surface area contributed by atoms with E-state index in [0.29, 0.717) is 25.1 Å². The number of amides is 1. The summed E-state index contributed by atoms with van der Waals surface area (Å²) in [5, 5.41) is 9.18. The van der Waals surface area contributed by atoms with E-state index >= 15 is 0 Å². The van der Waals surface area contributed by atoms with Crippen molar-refractivity contribution < 1.29 is 19.4 Å². The van der Waals surface area contributed by atoms with Gasteiger partial charge in [0.25, 0.3) is 5.91 Å². The van der Waals surface area contributed by atoms with Crippen LogP contribution in [0.5, 0.6) is 5.75 Å². The molecule has 2 aromatic carbocycles. The highest BCUT2D eigenvalue weighted by molar-refractivity contribution is 5.85. The Hall–Kier alpha value is -2.82. The van der Waals surface area contributed by atoms with Crippen LogP contribution in [0.25, 0.3) is 11.1 Å². The van der Waals surface area contributed by atoms with Crippen LogP contribution in [0.15, 0.2) is 54.6 Å². The second-order valence-electron chi connectivity index (χ2n) is 5.73. The Kier molecular flexibility index (Phi) is 4.79. The van der Waals surface area contributed by atoms with Crippen molar-refractivity contribution in [3.8, 4) is 16.9 Å². The van der Waals surface area contributed by atoms with Crippen LogP contribution in [0.3, 0.4) is 0 Å². The minimum Gasteiger partial charge on any atom is -0.483 e. The van der Waals surface area contributed by atoms with Crippen molar-refractivity contribution in [2.75, 3.05) is 13.2 Å². The largest absolute Gasteiger partial charge is 0.483 e. The highest BCUT2D eigenvalue weighted by atomic mass is 16.5. The molecule has 0 spiro atoms. The van der Waals surface area contributed by atoms with Crippen molar-refractivity contribution in [3.63, 3.8) is 0 Å². The number of carboxylic acids is 1. The van der Waals surface area contributed by atoms with E-state index in [0.717, 1.165) is 11.1 Å². The Morgan fingerprint density at radius 3 is 2.54 bits per heavy atom. The fourth-order valence-corrected chi connectivity index (χ4v) is 2.99. The van der Waals surface area contributed by atoms with Gasteiger partial charge in [0.15, 0.2) is 6.61 Å². The van der Waals surface area contributed by atoms with E-state index < -0.39 is 12.0 Å². The Morgan fingerprint density at radius 2 is 1.79 bits per heavy atom. The van der Waals surface area contributed by atoms with Gasteiger partial charge in [-0.2, -0.15) is 0 Å². The summed E-state index contributed by atoms with van der Waals surface area (Å²) in [6, 6.07) is 16.6. The molecular weight excluding hydrogens is 306 g/mol. The summed E-state index contributed by atoms with van der Waals surface area (Å²) in [7, 11) is 0. The lowest BCUT2D eigenvalue weighted by molar-refractivity contribution is -0.148. The highest BCUT2D eigenvalue weighted by Crippen LogP contribution is 2.29. The van der Waals surface area contributed by atoms with E-state index in [4.69, 9.17) is 4.74 Å². The average Bonchev–Trinajstić information content (AvgIpc) is 3.11. The number of benzene rings is 2. The van der Waals surface area contributed by atoms with E-state index in [2.05, 4.69) is 0 Å². The third-order valence-electron chi connectivity index (χ3n) is 4.18. The van der Waals surface area contributed by atoms with Crippen molar-refractivity contribution in [1.82, 2.24) is 4.90 Å². The first-order valence-corrected chi connectivity index (χ1v) is 7.96. The first kappa shape index (κ1) is 16.1. The number of hydrogen-bond donors (Lipinski definition) is 1. The third kappa shape index (κ3) is 3.40. The predicted molar refractivity (Wildman–Crippen MR) is 89.7 cm³/mol. The number of hydrogen-bond acceptors (Lipinski definition) is 3. The fraction of sp³-hybridized carbons (Fsp3) is 0.263. The molecule has 1 amide bonds. The van der Waals surface area contributed by atoms with Gasteiger partial charge in [-0.3, -0.25) is 4.79 Å². The standard InChI is InChI=1S/C19H19NO4/c21-18(20-12-6-10-16(20)19(22)23)13-24-17-11-5-4-9-15(17)14-7-2-1-3-8-14/h1-5,7-9,11,16H,6,10,12-13H2,(H,22,23)/t16-/m0/s1. The first-order chi connectivity index (χ1) is 11.7. The molecule has 1 saturated heterocycles. The minimum atomic E-state index is -0.953. The van der Waals surface area contributed by atoms with Crippen LogP contribution in [0.2, 0.25) is 0 Å². The van der Waals surface area contributed by atoms with Gasteiger partial charge in [0.2, 0.25) is 0 Å². The van der Waals surface area contributed by atoms with Gasteiger partial charge in [-0.05, 0) is 24.5 Å². The normalized spacial score (nSPS) is 16.8. The number of carboxylic acid groups (broad SMARTS) is 1. The smallest absolute Gasteiger partial charge is 0.326 e. The van der Waals surface area contributed by atoms with Crippen LogP contribution < -0.4 is 4.74 Å². The number of aliphatic carboxylic acids is 1. The fourth-order valence-electron chi connectivity index (χ4n) is 2.99. The Balaban J connectivity index is 1.71. The summed E-state index contributed by atoms with van der Waals surface area (Å²) < 4.78 is 5.71. The van der Waals surface area contributed by atoms with E-state index in [1.54, 1.807) is 0 Å². The zero-order valence-electron chi connectivity index (χ0n) is 13.2. The molecule has 0 radical (unpaired) electrons. The van der Waals surface area contributed by atoms with Crippen LogP contribution in [-0.4, -0.2) is 41.1 Å². The third-order valence-corrected chi connectivity index (χ3v) is 4.18. The van der Waals surface area contributed by atoms with Crippen molar-refractivity contribution >= 4 is 11.9 Å². The van der Waals surface area contributed by atoms with E-state index in [9.17, 15) is 14.7 Å². The van der Waals surface area contributed by atoms with Gasteiger partial charge < -0.3 is 14.7 Å². The van der Waals surface area contributed by atoms with E-state index in [1.807, 2.05) is 54.6 Å². The van der Waals surface area contributed by atoms with Gasteiger partial charge >= 0.3 is 5.97 Å². The maximum Gasteiger partial charge on any atom is 0.326 e. The monoisotopic (exact) mass is 325 g/mol. The van der Waals surface area contributed by atoms with Gasteiger partial charge in [-0.25, -0.2) is 4.79 Å². The molecule has 1 aliphatic rings. The number of nitrogens with zero attached hydrogens (tertiary/aromatic N) is 1. The summed E-state index contributed by atoms with van der Waals surface area (Å²) >= 11 is 0. The van der Waals surface area contributed by atoms with Crippen molar-refractivity contribution in [2.45, 2.75) is 18.9 Å².